The number of carbonyl (C=O) groups excluding carboxylic acids is 1. The van der Waals surface area contributed by atoms with Crippen LogP contribution in [0, 0.1) is 0 Å². The molecule has 1 amide bonds. The normalized spacial score (nSPS) is 10.4. The van der Waals surface area contributed by atoms with E-state index in [4.69, 9.17) is 4.74 Å². The molecule has 6 heteroatoms. The Morgan fingerprint density at radius 1 is 1.14 bits per heavy atom. The third kappa shape index (κ3) is 3.01. The number of hydrogen-bond acceptors (Lipinski definition) is 5. The summed E-state index contributed by atoms with van der Waals surface area (Å²) in [6.07, 6.45) is 1.17. The van der Waals surface area contributed by atoms with Gasteiger partial charge in [0.1, 0.15) is 11.3 Å². The lowest BCUT2D eigenvalue weighted by Gasteiger charge is -2.06. The SMILES string of the molecule is CCOC(=O)Nc1ccc2ncc(-c3ccccc3)nc2n1. The van der Waals surface area contributed by atoms with E-state index in [0.29, 0.717) is 23.6 Å². The predicted octanol–water partition coefficient (Wildman–Crippen LogP) is 3.26. The van der Waals surface area contributed by atoms with Gasteiger partial charge < -0.3 is 4.74 Å². The van der Waals surface area contributed by atoms with Crippen LogP contribution in [0.5, 0.6) is 0 Å². The van der Waals surface area contributed by atoms with Crippen LogP contribution in [0.15, 0.2) is 48.7 Å². The zero-order valence-corrected chi connectivity index (χ0v) is 12.0. The molecule has 0 aliphatic carbocycles. The number of pyridine rings is 1. The molecule has 3 rings (SSSR count). The largest absolute Gasteiger partial charge is 0.450 e. The van der Waals surface area contributed by atoms with Gasteiger partial charge in [0.15, 0.2) is 5.65 Å². The van der Waals surface area contributed by atoms with Crippen molar-refractivity contribution in [1.82, 2.24) is 15.0 Å². The Bertz CT molecular complexity index is 806. The fraction of sp³-hybridized carbons (Fsp3) is 0.125. The molecule has 2 heterocycles. The summed E-state index contributed by atoms with van der Waals surface area (Å²) in [4.78, 5) is 24.6. The Morgan fingerprint density at radius 2 is 1.95 bits per heavy atom. The molecule has 0 atom stereocenters. The third-order valence-electron chi connectivity index (χ3n) is 2.98. The Hall–Kier alpha value is -3.02. The summed E-state index contributed by atoms with van der Waals surface area (Å²) in [5.41, 5.74) is 2.82. The van der Waals surface area contributed by atoms with Crippen molar-refractivity contribution in [3.05, 3.63) is 48.7 Å². The number of hydrogen-bond donors (Lipinski definition) is 1. The number of fused-ring (bicyclic) bond motifs is 1. The van der Waals surface area contributed by atoms with Crippen LogP contribution in [0.2, 0.25) is 0 Å². The number of carbonyl (C=O) groups is 1. The summed E-state index contributed by atoms with van der Waals surface area (Å²) in [5, 5.41) is 2.55. The second-order valence-electron chi connectivity index (χ2n) is 4.51. The lowest BCUT2D eigenvalue weighted by molar-refractivity contribution is 0.168. The van der Waals surface area contributed by atoms with E-state index in [1.54, 1.807) is 25.3 Å². The summed E-state index contributed by atoms with van der Waals surface area (Å²) < 4.78 is 4.82. The van der Waals surface area contributed by atoms with Gasteiger partial charge in [-0.05, 0) is 19.1 Å². The number of anilines is 1. The lowest BCUT2D eigenvalue weighted by atomic mass is 10.2. The van der Waals surface area contributed by atoms with Gasteiger partial charge in [0.2, 0.25) is 0 Å². The first-order valence-electron chi connectivity index (χ1n) is 6.89. The molecule has 0 saturated carbocycles. The zero-order chi connectivity index (χ0) is 15.4. The quantitative estimate of drug-likeness (QED) is 0.802. The van der Waals surface area contributed by atoms with Crippen molar-refractivity contribution in [2.45, 2.75) is 6.92 Å². The zero-order valence-electron chi connectivity index (χ0n) is 12.0. The maximum atomic E-state index is 11.4. The van der Waals surface area contributed by atoms with Crippen LogP contribution in [-0.4, -0.2) is 27.7 Å². The fourth-order valence-corrected chi connectivity index (χ4v) is 1.99. The number of nitrogens with one attached hydrogen (secondary N) is 1. The van der Waals surface area contributed by atoms with Crippen molar-refractivity contribution in [1.29, 1.82) is 0 Å². The Labute approximate surface area is 127 Å². The van der Waals surface area contributed by atoms with Gasteiger partial charge in [0.05, 0.1) is 18.5 Å². The van der Waals surface area contributed by atoms with Crippen molar-refractivity contribution in [2.75, 3.05) is 11.9 Å². The summed E-state index contributed by atoms with van der Waals surface area (Å²) in [6, 6.07) is 13.1. The molecular weight excluding hydrogens is 280 g/mol. The Balaban J connectivity index is 1.94. The highest BCUT2D eigenvalue weighted by atomic mass is 16.5. The number of rotatable bonds is 3. The molecule has 0 radical (unpaired) electrons. The minimum atomic E-state index is -0.540. The van der Waals surface area contributed by atoms with Gasteiger partial charge in [-0.15, -0.1) is 0 Å². The van der Waals surface area contributed by atoms with Crippen molar-refractivity contribution < 1.29 is 9.53 Å². The van der Waals surface area contributed by atoms with E-state index in [2.05, 4.69) is 20.3 Å². The molecule has 0 unspecified atom stereocenters. The molecule has 1 aromatic carbocycles. The van der Waals surface area contributed by atoms with Gasteiger partial charge >= 0.3 is 6.09 Å². The van der Waals surface area contributed by atoms with Gasteiger partial charge in [-0.1, -0.05) is 30.3 Å². The highest BCUT2D eigenvalue weighted by Gasteiger charge is 2.07. The van der Waals surface area contributed by atoms with E-state index in [-0.39, 0.29) is 0 Å². The molecule has 6 nitrogen and oxygen atoms in total. The minimum Gasteiger partial charge on any atom is -0.450 e. The fourth-order valence-electron chi connectivity index (χ4n) is 1.99. The van der Waals surface area contributed by atoms with E-state index >= 15 is 0 Å². The van der Waals surface area contributed by atoms with E-state index in [1.807, 2.05) is 30.3 Å². The summed E-state index contributed by atoms with van der Waals surface area (Å²) in [5.74, 6) is 0.380. The van der Waals surface area contributed by atoms with E-state index in [1.165, 1.54) is 0 Å². The maximum Gasteiger partial charge on any atom is 0.412 e. The monoisotopic (exact) mass is 294 g/mol. The van der Waals surface area contributed by atoms with E-state index in [0.717, 1.165) is 11.3 Å². The Kier molecular flexibility index (Phi) is 3.91. The Morgan fingerprint density at radius 3 is 2.73 bits per heavy atom. The summed E-state index contributed by atoms with van der Waals surface area (Å²) >= 11 is 0. The smallest absolute Gasteiger partial charge is 0.412 e. The number of nitrogens with zero attached hydrogens (tertiary/aromatic N) is 3. The average molecular weight is 294 g/mol. The second kappa shape index (κ2) is 6.17. The van der Waals surface area contributed by atoms with Crippen LogP contribution in [0.3, 0.4) is 0 Å². The number of ether oxygens (including phenoxy) is 1. The average Bonchev–Trinajstić information content (AvgIpc) is 2.55. The van der Waals surface area contributed by atoms with Crippen LogP contribution < -0.4 is 5.32 Å². The standard InChI is InChI=1S/C16H14N4O2/c1-2-22-16(21)20-14-9-8-12-15(19-14)18-13(10-17-12)11-6-4-3-5-7-11/h3-10H,2H2,1H3,(H,18,19,20,21). The molecule has 110 valence electrons. The molecular formula is C16H14N4O2. The van der Waals surface area contributed by atoms with Crippen LogP contribution in [0.1, 0.15) is 6.92 Å². The number of benzene rings is 1. The molecule has 1 N–H and O–H groups in total. The number of aromatic nitrogens is 3. The molecule has 0 fully saturated rings. The molecule has 22 heavy (non-hydrogen) atoms. The summed E-state index contributed by atoms with van der Waals surface area (Å²) in [6.45, 7) is 2.04. The lowest BCUT2D eigenvalue weighted by Crippen LogP contribution is -2.14. The van der Waals surface area contributed by atoms with Gasteiger partial charge in [-0.3, -0.25) is 10.3 Å². The first-order valence-corrected chi connectivity index (χ1v) is 6.89. The first-order chi connectivity index (χ1) is 10.8. The molecule has 0 aliphatic rings. The molecule has 3 aromatic rings. The molecule has 0 bridgehead atoms. The van der Waals surface area contributed by atoms with Crippen LogP contribution in [-0.2, 0) is 4.74 Å². The predicted molar refractivity (Wildman–Crippen MR) is 83.4 cm³/mol. The minimum absolute atomic E-state index is 0.303. The van der Waals surface area contributed by atoms with E-state index < -0.39 is 6.09 Å². The topological polar surface area (TPSA) is 77.0 Å². The van der Waals surface area contributed by atoms with Gasteiger partial charge in [0, 0.05) is 5.56 Å². The van der Waals surface area contributed by atoms with Gasteiger partial charge in [0.25, 0.3) is 0 Å². The second-order valence-corrected chi connectivity index (χ2v) is 4.51. The van der Waals surface area contributed by atoms with Crippen molar-refractivity contribution in [3.63, 3.8) is 0 Å². The molecule has 0 aliphatic heterocycles. The van der Waals surface area contributed by atoms with Gasteiger partial charge in [-0.2, -0.15) is 0 Å². The third-order valence-corrected chi connectivity index (χ3v) is 2.98. The van der Waals surface area contributed by atoms with Crippen molar-refractivity contribution in [3.8, 4) is 11.3 Å². The molecule has 0 saturated heterocycles. The van der Waals surface area contributed by atoms with Crippen LogP contribution in [0.25, 0.3) is 22.4 Å². The maximum absolute atomic E-state index is 11.4. The molecule has 0 spiro atoms. The van der Waals surface area contributed by atoms with Gasteiger partial charge in [-0.25, -0.2) is 14.8 Å². The van der Waals surface area contributed by atoms with Crippen molar-refractivity contribution >= 4 is 23.1 Å². The highest BCUT2D eigenvalue weighted by molar-refractivity contribution is 5.85. The first kappa shape index (κ1) is 13.9. The van der Waals surface area contributed by atoms with Crippen molar-refractivity contribution in [2.24, 2.45) is 0 Å². The highest BCUT2D eigenvalue weighted by Crippen LogP contribution is 2.19. The number of amides is 1. The van der Waals surface area contributed by atoms with E-state index in [9.17, 15) is 4.79 Å². The van der Waals surface area contributed by atoms with Crippen LogP contribution >= 0.6 is 0 Å². The molecule has 2 aromatic heterocycles. The van der Waals surface area contributed by atoms with Crippen LogP contribution in [0.4, 0.5) is 10.6 Å². The summed E-state index contributed by atoms with van der Waals surface area (Å²) in [7, 11) is 0.